The van der Waals surface area contributed by atoms with E-state index in [1.807, 2.05) is 36.4 Å². The molecule has 1 saturated heterocycles. The quantitative estimate of drug-likeness (QED) is 0.543. The van der Waals surface area contributed by atoms with E-state index in [0.29, 0.717) is 22.8 Å². The summed E-state index contributed by atoms with van der Waals surface area (Å²) in [6, 6.07) is 12.7. The van der Waals surface area contributed by atoms with Gasteiger partial charge in [-0.05, 0) is 48.4 Å². The minimum atomic E-state index is -1.31. The number of carbonyl (C=O) groups excluding carboxylic acids is 2. The summed E-state index contributed by atoms with van der Waals surface area (Å²) in [5.74, 6) is -0.0601. The number of aromatic amines is 1. The Balaban J connectivity index is 1.38. The van der Waals surface area contributed by atoms with Crippen molar-refractivity contribution in [3.05, 3.63) is 82.7 Å². The van der Waals surface area contributed by atoms with Crippen molar-refractivity contribution in [2.45, 2.75) is 56.8 Å². The fraction of sp³-hybridized carbons (Fsp3) is 0.385. The molecule has 9 heteroatoms. The number of hydrogen-bond acceptors (Lipinski definition) is 4. The maximum atomic E-state index is 14.9. The summed E-state index contributed by atoms with van der Waals surface area (Å²) in [6.07, 6.45) is 0.434. The third kappa shape index (κ3) is 5.08. The van der Waals surface area contributed by atoms with Gasteiger partial charge in [0.15, 0.2) is 5.82 Å². The average molecular weight is 480 g/mol. The van der Waals surface area contributed by atoms with Gasteiger partial charge >= 0.3 is 0 Å². The number of benzene rings is 2. The number of carbonyl (C=O) groups is 2. The van der Waals surface area contributed by atoms with Crippen molar-refractivity contribution >= 4 is 11.8 Å². The minimum Gasteiger partial charge on any atom is -0.343 e. The van der Waals surface area contributed by atoms with Gasteiger partial charge in [0, 0.05) is 6.42 Å². The first-order chi connectivity index (χ1) is 16.9. The molecular weight excluding hydrogens is 452 g/mol. The maximum Gasteiger partial charge on any atom is 0.243 e. The molecule has 7 nitrogen and oxygen atoms in total. The highest BCUT2D eigenvalue weighted by Gasteiger charge is 2.40. The predicted octanol–water partition coefficient (Wildman–Crippen LogP) is 3.52. The minimum absolute atomic E-state index is 0.0961. The van der Waals surface area contributed by atoms with Crippen molar-refractivity contribution in [3.63, 3.8) is 0 Å². The molecule has 0 bridgehead atoms. The lowest BCUT2D eigenvalue weighted by molar-refractivity contribution is -0.138. The van der Waals surface area contributed by atoms with Crippen LogP contribution in [0.1, 0.15) is 59.6 Å². The Labute approximate surface area is 201 Å². The molecule has 5 rings (SSSR count). The third-order valence-corrected chi connectivity index (χ3v) is 6.62. The van der Waals surface area contributed by atoms with E-state index in [9.17, 15) is 18.4 Å². The topological polar surface area (TPSA) is 91.0 Å². The van der Waals surface area contributed by atoms with E-state index in [1.165, 1.54) is 11.0 Å². The van der Waals surface area contributed by atoms with Gasteiger partial charge in [0.05, 0.1) is 19.0 Å². The summed E-state index contributed by atoms with van der Waals surface area (Å²) < 4.78 is 29.2. The van der Waals surface area contributed by atoms with Gasteiger partial charge in [-0.2, -0.15) is 5.10 Å². The zero-order chi connectivity index (χ0) is 24.5. The van der Waals surface area contributed by atoms with E-state index in [-0.39, 0.29) is 31.1 Å². The Hall–Kier alpha value is -3.62. The van der Waals surface area contributed by atoms with Gasteiger partial charge in [-0.1, -0.05) is 42.5 Å². The van der Waals surface area contributed by atoms with E-state index in [0.717, 1.165) is 18.4 Å². The Bertz CT molecular complexity index is 1230. The Morgan fingerprint density at radius 3 is 2.60 bits per heavy atom. The lowest BCUT2D eigenvalue weighted by Crippen LogP contribution is -2.47. The van der Waals surface area contributed by atoms with Crippen molar-refractivity contribution in [1.29, 1.82) is 0 Å². The second-order valence-corrected chi connectivity index (χ2v) is 9.32. The van der Waals surface area contributed by atoms with Crippen molar-refractivity contribution in [2.75, 3.05) is 6.54 Å². The molecule has 2 fully saturated rings. The molecule has 2 heterocycles. The number of halogens is 2. The Morgan fingerprint density at radius 2 is 1.94 bits per heavy atom. The lowest BCUT2D eigenvalue weighted by Gasteiger charge is -2.27. The zero-order valence-electron chi connectivity index (χ0n) is 19.4. The molecule has 3 aromatic rings. The van der Waals surface area contributed by atoms with Crippen LogP contribution in [0.2, 0.25) is 0 Å². The van der Waals surface area contributed by atoms with Gasteiger partial charge in [-0.15, -0.1) is 0 Å². The van der Waals surface area contributed by atoms with Crippen LogP contribution in [0.3, 0.4) is 0 Å². The third-order valence-electron chi connectivity index (χ3n) is 6.62. The Kier molecular flexibility index (Phi) is 6.32. The number of likely N-dealkylation sites (tertiary alicyclic amines) is 1. The number of aryl methyl sites for hydroxylation is 1. The highest BCUT2D eigenvalue weighted by atomic mass is 19.1. The van der Waals surface area contributed by atoms with Crippen molar-refractivity contribution in [3.8, 4) is 0 Å². The van der Waals surface area contributed by atoms with E-state index in [1.54, 1.807) is 13.0 Å². The second-order valence-electron chi connectivity index (χ2n) is 9.32. The second kappa shape index (κ2) is 9.56. The lowest BCUT2D eigenvalue weighted by atomic mass is 9.96. The molecule has 35 heavy (non-hydrogen) atoms. The molecule has 2 aliphatic rings. The summed E-state index contributed by atoms with van der Waals surface area (Å²) in [5.41, 5.74) is 2.06. The van der Waals surface area contributed by atoms with Crippen LogP contribution in [-0.4, -0.2) is 50.7 Å². The number of alkyl halides is 1. The highest BCUT2D eigenvalue weighted by Crippen LogP contribution is 2.42. The number of rotatable bonds is 7. The molecule has 2 aromatic carbocycles. The number of hydrogen-bond donors (Lipinski definition) is 2. The highest BCUT2D eigenvalue weighted by molar-refractivity contribution is 5.89. The van der Waals surface area contributed by atoms with Crippen LogP contribution in [0, 0.1) is 12.7 Å². The molecular formula is C26H27F2N5O2. The van der Waals surface area contributed by atoms with Crippen LogP contribution in [0.5, 0.6) is 0 Å². The van der Waals surface area contributed by atoms with Crippen LogP contribution in [0.4, 0.5) is 8.78 Å². The molecule has 2 N–H and O–H groups in total. The van der Waals surface area contributed by atoms with Crippen LogP contribution in [0.25, 0.3) is 0 Å². The van der Waals surface area contributed by atoms with Crippen molar-refractivity contribution in [1.82, 2.24) is 25.4 Å². The van der Waals surface area contributed by atoms with Crippen LogP contribution < -0.4 is 5.32 Å². The van der Waals surface area contributed by atoms with Gasteiger partial charge in [0.2, 0.25) is 11.8 Å². The molecule has 1 aliphatic heterocycles. The number of nitrogens with one attached hydrogen (secondary N) is 2. The normalized spacial score (nSPS) is 20.6. The summed E-state index contributed by atoms with van der Waals surface area (Å²) in [6.45, 7) is 1.55. The molecule has 0 spiro atoms. The monoisotopic (exact) mass is 479 g/mol. The summed E-state index contributed by atoms with van der Waals surface area (Å²) in [5, 5.41) is 9.59. The van der Waals surface area contributed by atoms with Crippen LogP contribution in [-0.2, 0) is 16.0 Å². The van der Waals surface area contributed by atoms with E-state index in [4.69, 9.17) is 0 Å². The van der Waals surface area contributed by atoms with Gasteiger partial charge in [-0.3, -0.25) is 14.7 Å². The molecule has 3 atom stereocenters. The molecule has 3 unspecified atom stereocenters. The number of amides is 2. The van der Waals surface area contributed by atoms with E-state index in [2.05, 4.69) is 20.5 Å². The summed E-state index contributed by atoms with van der Waals surface area (Å²) in [7, 11) is 0. The van der Waals surface area contributed by atoms with Crippen LogP contribution in [0.15, 0.2) is 48.5 Å². The van der Waals surface area contributed by atoms with Gasteiger partial charge < -0.3 is 10.2 Å². The predicted molar refractivity (Wildman–Crippen MR) is 125 cm³/mol. The first-order valence-corrected chi connectivity index (χ1v) is 11.8. The van der Waals surface area contributed by atoms with Crippen molar-refractivity contribution < 1.29 is 18.4 Å². The maximum absolute atomic E-state index is 14.9. The number of H-pyrrole nitrogens is 1. The summed E-state index contributed by atoms with van der Waals surface area (Å²) in [4.78, 5) is 31.7. The molecule has 1 aliphatic carbocycles. The van der Waals surface area contributed by atoms with Crippen molar-refractivity contribution in [2.24, 2.45) is 0 Å². The average Bonchev–Trinajstić information content (AvgIpc) is 3.49. The van der Waals surface area contributed by atoms with E-state index >= 15 is 0 Å². The number of aromatic nitrogens is 3. The first kappa shape index (κ1) is 23.1. The van der Waals surface area contributed by atoms with E-state index < -0.39 is 30.1 Å². The number of nitrogens with zero attached hydrogens (tertiary/aromatic N) is 3. The van der Waals surface area contributed by atoms with Gasteiger partial charge in [-0.25, -0.2) is 13.8 Å². The standard InChI is InChI=1S/C26H27F2N5O2/c1-15-29-23(32-31-15)13-24(34)33-14-19(27)12-22(33)26(35)30-25(17-5-3-2-4-6-17)18-9-10-20(16-7-8-16)21(28)11-18/h2-6,9-11,16,19,22,25H,7-8,12-14H2,1H3,(H,30,35)(H,29,31,32). The molecule has 1 saturated carbocycles. The molecule has 182 valence electrons. The smallest absolute Gasteiger partial charge is 0.243 e. The fourth-order valence-electron chi connectivity index (χ4n) is 4.71. The molecule has 2 amide bonds. The molecule has 0 radical (unpaired) electrons. The van der Waals surface area contributed by atoms with Gasteiger partial charge in [0.25, 0.3) is 0 Å². The Morgan fingerprint density at radius 1 is 1.17 bits per heavy atom. The first-order valence-electron chi connectivity index (χ1n) is 11.8. The SMILES string of the molecule is Cc1nc(CC(=O)N2CC(F)CC2C(=O)NC(c2ccccc2)c2ccc(C3CC3)c(F)c2)n[nH]1. The largest absolute Gasteiger partial charge is 0.343 e. The fourth-order valence-corrected chi connectivity index (χ4v) is 4.71. The summed E-state index contributed by atoms with van der Waals surface area (Å²) >= 11 is 0. The van der Waals surface area contributed by atoms with Gasteiger partial charge in [0.1, 0.15) is 23.9 Å². The molecule has 1 aromatic heterocycles. The zero-order valence-corrected chi connectivity index (χ0v) is 19.4. The van der Waals surface area contributed by atoms with Crippen LogP contribution >= 0.6 is 0 Å².